The van der Waals surface area contributed by atoms with Gasteiger partial charge in [-0.25, -0.2) is 0 Å². The highest BCUT2D eigenvalue weighted by atomic mass is 28.3. The van der Waals surface area contributed by atoms with Crippen molar-refractivity contribution in [3.63, 3.8) is 0 Å². The molecular weight excluding hydrogens is 202 g/mol. The zero-order valence-electron chi connectivity index (χ0n) is 10.3. The van der Waals surface area contributed by atoms with Crippen LogP contribution in [0, 0.1) is 5.41 Å². The Bertz CT molecular complexity index is 292. The predicted octanol–water partition coefficient (Wildman–Crippen LogP) is 3.17. The Morgan fingerprint density at radius 1 is 1.20 bits per heavy atom. The fourth-order valence-electron chi connectivity index (χ4n) is 1.59. The van der Waals surface area contributed by atoms with Crippen LogP contribution in [0.15, 0.2) is 24.5 Å². The molecule has 0 unspecified atom stereocenters. The first-order valence-electron chi connectivity index (χ1n) is 5.46. The molecule has 1 rings (SSSR count). The van der Waals surface area contributed by atoms with Crippen molar-refractivity contribution >= 4 is 9.04 Å². The van der Waals surface area contributed by atoms with Gasteiger partial charge >= 0.3 is 0 Å². The molecule has 1 aromatic heterocycles. The van der Waals surface area contributed by atoms with Crippen LogP contribution in [-0.4, -0.2) is 14.0 Å². The smallest absolute Gasteiger partial charge is 0.171 e. The van der Waals surface area contributed by atoms with E-state index in [2.05, 4.69) is 38.8 Å². The van der Waals surface area contributed by atoms with Crippen LogP contribution in [0.4, 0.5) is 0 Å². The SMILES string of the molecule is C[SiH](C)O[C@H](c1ccncc1)C(C)(C)C. The van der Waals surface area contributed by atoms with Crippen LogP contribution < -0.4 is 0 Å². The third-order valence-electron chi connectivity index (χ3n) is 2.20. The number of aromatic nitrogens is 1. The third kappa shape index (κ3) is 3.76. The Balaban J connectivity index is 2.92. The second-order valence-corrected chi connectivity index (χ2v) is 7.58. The van der Waals surface area contributed by atoms with Crippen molar-refractivity contribution in [1.29, 1.82) is 0 Å². The molecule has 0 amide bonds. The highest BCUT2D eigenvalue weighted by Gasteiger charge is 2.27. The highest BCUT2D eigenvalue weighted by Crippen LogP contribution is 2.36. The van der Waals surface area contributed by atoms with Gasteiger partial charge in [0.25, 0.3) is 0 Å². The van der Waals surface area contributed by atoms with Gasteiger partial charge in [0.05, 0.1) is 6.10 Å². The fourth-order valence-corrected chi connectivity index (χ4v) is 2.70. The van der Waals surface area contributed by atoms with Crippen molar-refractivity contribution in [1.82, 2.24) is 4.98 Å². The van der Waals surface area contributed by atoms with Gasteiger partial charge in [0.2, 0.25) is 0 Å². The molecule has 0 aliphatic heterocycles. The number of pyridine rings is 1. The Kier molecular flexibility index (Phi) is 4.05. The second kappa shape index (κ2) is 4.90. The Morgan fingerprint density at radius 3 is 2.13 bits per heavy atom. The lowest BCUT2D eigenvalue weighted by Crippen LogP contribution is -2.25. The summed E-state index contributed by atoms with van der Waals surface area (Å²) in [7, 11) is -1.02. The van der Waals surface area contributed by atoms with Crippen molar-refractivity contribution in [3.8, 4) is 0 Å². The highest BCUT2D eigenvalue weighted by molar-refractivity contribution is 6.48. The van der Waals surface area contributed by atoms with Crippen molar-refractivity contribution in [3.05, 3.63) is 30.1 Å². The summed E-state index contributed by atoms with van der Waals surface area (Å²) in [4.78, 5) is 4.04. The normalized spacial score (nSPS) is 14.3. The van der Waals surface area contributed by atoms with Crippen LogP contribution >= 0.6 is 0 Å². The third-order valence-corrected chi connectivity index (χ3v) is 3.02. The molecule has 1 atom stereocenters. The lowest BCUT2D eigenvalue weighted by atomic mass is 9.85. The van der Waals surface area contributed by atoms with E-state index in [9.17, 15) is 0 Å². The van der Waals surface area contributed by atoms with Crippen LogP contribution in [-0.2, 0) is 4.43 Å². The van der Waals surface area contributed by atoms with E-state index in [1.54, 1.807) is 0 Å². The molecular formula is C12H21NOSi. The van der Waals surface area contributed by atoms with E-state index in [1.807, 2.05) is 24.5 Å². The Morgan fingerprint density at radius 2 is 1.73 bits per heavy atom. The molecule has 1 aromatic rings. The number of hydrogen-bond donors (Lipinski definition) is 0. The summed E-state index contributed by atoms with van der Waals surface area (Å²) in [6, 6.07) is 4.10. The summed E-state index contributed by atoms with van der Waals surface area (Å²) in [5, 5.41) is 0. The lowest BCUT2D eigenvalue weighted by Gasteiger charge is -2.32. The molecule has 0 aromatic carbocycles. The second-order valence-electron chi connectivity index (χ2n) is 5.21. The predicted molar refractivity (Wildman–Crippen MR) is 66.4 cm³/mol. The number of nitrogens with zero attached hydrogens (tertiary/aromatic N) is 1. The molecule has 0 bridgehead atoms. The van der Waals surface area contributed by atoms with Gasteiger partial charge in [-0.15, -0.1) is 0 Å². The summed E-state index contributed by atoms with van der Waals surface area (Å²) < 4.78 is 6.11. The summed E-state index contributed by atoms with van der Waals surface area (Å²) in [5.74, 6) is 0. The average Bonchev–Trinajstić information content (AvgIpc) is 2.14. The zero-order chi connectivity index (χ0) is 11.5. The summed E-state index contributed by atoms with van der Waals surface area (Å²) in [5.41, 5.74) is 1.37. The summed E-state index contributed by atoms with van der Waals surface area (Å²) in [6.07, 6.45) is 3.85. The molecule has 0 aliphatic rings. The molecule has 3 heteroatoms. The minimum atomic E-state index is -1.02. The molecule has 2 nitrogen and oxygen atoms in total. The number of rotatable bonds is 3. The van der Waals surface area contributed by atoms with Gasteiger partial charge in [0, 0.05) is 12.4 Å². The van der Waals surface area contributed by atoms with E-state index in [-0.39, 0.29) is 11.5 Å². The van der Waals surface area contributed by atoms with E-state index < -0.39 is 9.04 Å². The van der Waals surface area contributed by atoms with E-state index >= 15 is 0 Å². The first-order chi connectivity index (χ1) is 6.91. The van der Waals surface area contributed by atoms with E-state index in [0.29, 0.717) is 0 Å². The first kappa shape index (κ1) is 12.4. The van der Waals surface area contributed by atoms with E-state index in [4.69, 9.17) is 4.43 Å². The standard InChI is InChI=1S/C12H21NOSi/c1-12(2,3)11(14-15(4)5)10-6-8-13-9-7-10/h6-9,11,15H,1-5H3/t11-/m1/s1. The molecule has 0 saturated heterocycles. The molecule has 0 saturated carbocycles. The molecule has 0 radical (unpaired) electrons. The minimum absolute atomic E-state index is 0.138. The molecule has 0 N–H and O–H groups in total. The fraction of sp³-hybridized carbons (Fsp3) is 0.583. The van der Waals surface area contributed by atoms with Crippen LogP contribution in [0.2, 0.25) is 13.1 Å². The molecule has 0 fully saturated rings. The monoisotopic (exact) mass is 223 g/mol. The maximum absolute atomic E-state index is 6.11. The lowest BCUT2D eigenvalue weighted by molar-refractivity contribution is 0.0865. The zero-order valence-corrected chi connectivity index (χ0v) is 11.5. The Hall–Kier alpha value is -0.673. The maximum atomic E-state index is 6.11. The molecule has 84 valence electrons. The van der Waals surface area contributed by atoms with Crippen LogP contribution in [0.5, 0.6) is 0 Å². The van der Waals surface area contributed by atoms with Gasteiger partial charge in [0.15, 0.2) is 9.04 Å². The van der Waals surface area contributed by atoms with Gasteiger partial charge in [-0.2, -0.15) is 0 Å². The van der Waals surface area contributed by atoms with Crippen molar-refractivity contribution < 1.29 is 4.43 Å². The minimum Gasteiger partial charge on any atom is -0.413 e. The van der Waals surface area contributed by atoms with Gasteiger partial charge in [0.1, 0.15) is 0 Å². The Labute approximate surface area is 94.4 Å². The first-order valence-corrected chi connectivity index (χ1v) is 8.24. The topological polar surface area (TPSA) is 22.1 Å². The quantitative estimate of drug-likeness (QED) is 0.734. The van der Waals surface area contributed by atoms with Crippen molar-refractivity contribution in [2.75, 3.05) is 0 Å². The average molecular weight is 223 g/mol. The van der Waals surface area contributed by atoms with Crippen LogP contribution in [0.1, 0.15) is 32.4 Å². The summed E-state index contributed by atoms with van der Waals surface area (Å²) in [6.45, 7) is 11.1. The van der Waals surface area contributed by atoms with E-state index in [0.717, 1.165) is 0 Å². The largest absolute Gasteiger partial charge is 0.413 e. The van der Waals surface area contributed by atoms with Crippen molar-refractivity contribution in [2.45, 2.75) is 40.0 Å². The maximum Gasteiger partial charge on any atom is 0.171 e. The van der Waals surface area contributed by atoms with Gasteiger partial charge in [-0.1, -0.05) is 20.8 Å². The van der Waals surface area contributed by atoms with Gasteiger partial charge in [-0.05, 0) is 36.2 Å². The van der Waals surface area contributed by atoms with Crippen LogP contribution in [0.3, 0.4) is 0 Å². The van der Waals surface area contributed by atoms with Crippen LogP contribution in [0.25, 0.3) is 0 Å². The summed E-state index contributed by atoms with van der Waals surface area (Å²) >= 11 is 0. The number of hydrogen-bond acceptors (Lipinski definition) is 2. The van der Waals surface area contributed by atoms with Gasteiger partial charge < -0.3 is 4.43 Å². The van der Waals surface area contributed by atoms with Crippen molar-refractivity contribution in [2.24, 2.45) is 5.41 Å². The molecule has 0 aliphatic carbocycles. The molecule has 1 heterocycles. The molecule has 0 spiro atoms. The van der Waals surface area contributed by atoms with Gasteiger partial charge in [-0.3, -0.25) is 4.98 Å². The van der Waals surface area contributed by atoms with E-state index in [1.165, 1.54) is 5.56 Å². The molecule has 15 heavy (non-hydrogen) atoms.